The van der Waals surface area contributed by atoms with Crippen molar-refractivity contribution in [3.63, 3.8) is 0 Å². The fraction of sp³-hybridized carbons (Fsp3) is 0.269. The summed E-state index contributed by atoms with van der Waals surface area (Å²) in [7, 11) is -8.15. The number of carbonyl (C=O) groups is 1. The smallest absolute Gasteiger partial charge is 0.308 e. The van der Waals surface area contributed by atoms with Crippen LogP contribution >= 0.6 is 11.8 Å². The highest BCUT2D eigenvalue weighted by molar-refractivity contribution is 7.99. The number of carbonyl (C=O) groups excluding carboxylic acids is 1. The molecule has 0 aromatic heterocycles. The first kappa shape index (κ1) is 37.0. The van der Waals surface area contributed by atoms with Crippen LogP contribution in [0.2, 0.25) is 0 Å². The van der Waals surface area contributed by atoms with Crippen molar-refractivity contribution in [2.45, 2.75) is 53.5 Å². The number of rotatable bonds is 11. The third-order valence-corrected chi connectivity index (χ3v) is 8.32. The number of halogens is 1. The van der Waals surface area contributed by atoms with Gasteiger partial charge < -0.3 is 10.1 Å². The number of esters is 1. The maximum absolute atomic E-state index is 12.7. The van der Waals surface area contributed by atoms with Crippen molar-refractivity contribution in [2.75, 3.05) is 11.1 Å². The van der Waals surface area contributed by atoms with Gasteiger partial charge in [-0.25, -0.2) is 27.1 Å². The number of nitrogens with one attached hydrogen (secondary N) is 1. The lowest BCUT2D eigenvalue weighted by Crippen LogP contribution is -2.31. The van der Waals surface area contributed by atoms with Gasteiger partial charge in [0.25, 0.3) is 5.69 Å². The standard InChI is InChI=1S/C20H25N3O6S2.C6H5FN2O4S/c1-20(2,3)29-19(24)11-14(13-30-15-7-5-4-6-8-15)22-17-10-9-16(31(21,27)28)12-18(17)23(25)26;7-5-2-1-4(14(8,12)13)3-6(5)9(10)11/h4-10,12,14,22H,11,13H2,1-3H3,(H2,21,27,28);1-3H,(H2,8,12,13). The average molecular weight is 688 g/mol. The number of nitro groups is 2. The molecule has 3 aromatic carbocycles. The summed E-state index contributed by atoms with van der Waals surface area (Å²) in [6.07, 6.45) is -0.0365. The van der Waals surface area contributed by atoms with Gasteiger partial charge in [0.1, 0.15) is 11.3 Å². The van der Waals surface area contributed by atoms with E-state index in [2.05, 4.69) is 5.32 Å². The Hall–Kier alpha value is -4.17. The average Bonchev–Trinajstić information content (AvgIpc) is 2.90. The van der Waals surface area contributed by atoms with Gasteiger partial charge in [0.05, 0.1) is 26.1 Å². The lowest BCUT2D eigenvalue weighted by atomic mass is 10.1. The van der Waals surface area contributed by atoms with Crippen LogP contribution in [0.5, 0.6) is 0 Å². The number of primary sulfonamides is 2. The van der Waals surface area contributed by atoms with Crippen molar-refractivity contribution >= 4 is 54.8 Å². The molecule has 0 aliphatic heterocycles. The van der Waals surface area contributed by atoms with Gasteiger partial charge in [0, 0.05) is 28.8 Å². The molecule has 0 aliphatic carbocycles. The first-order valence-corrected chi connectivity index (χ1v) is 16.7. The molecule has 244 valence electrons. The van der Waals surface area contributed by atoms with Crippen molar-refractivity contribution in [1.29, 1.82) is 0 Å². The zero-order chi connectivity index (χ0) is 34.2. The third kappa shape index (κ3) is 12.4. The van der Waals surface area contributed by atoms with Crippen LogP contribution in [0, 0.1) is 26.0 Å². The van der Waals surface area contributed by atoms with Crippen LogP contribution in [-0.2, 0) is 29.6 Å². The highest BCUT2D eigenvalue weighted by atomic mass is 32.2. The van der Waals surface area contributed by atoms with Crippen molar-refractivity contribution in [3.8, 4) is 0 Å². The Morgan fingerprint density at radius 3 is 1.91 bits per heavy atom. The Kier molecular flexibility index (Phi) is 12.5. The first-order valence-electron chi connectivity index (χ1n) is 12.6. The maximum Gasteiger partial charge on any atom is 0.308 e. The predicted molar refractivity (Wildman–Crippen MR) is 164 cm³/mol. The molecule has 3 aromatic rings. The van der Waals surface area contributed by atoms with Gasteiger partial charge in [0.15, 0.2) is 0 Å². The molecule has 0 bridgehead atoms. The molecule has 0 spiro atoms. The number of hydrogen-bond acceptors (Lipinski definition) is 12. The number of ether oxygens (including phenoxy) is 1. The van der Waals surface area contributed by atoms with Gasteiger partial charge in [-0.05, 0) is 57.2 Å². The molecule has 3 rings (SSSR count). The largest absolute Gasteiger partial charge is 0.460 e. The highest BCUT2D eigenvalue weighted by Gasteiger charge is 2.25. The summed E-state index contributed by atoms with van der Waals surface area (Å²) >= 11 is 1.47. The number of nitro benzene ring substituents is 2. The number of benzene rings is 3. The minimum Gasteiger partial charge on any atom is -0.460 e. The Morgan fingerprint density at radius 2 is 1.42 bits per heavy atom. The Bertz CT molecular complexity index is 1770. The molecular formula is C26H30FN5O10S3. The summed E-state index contributed by atoms with van der Waals surface area (Å²) < 4.78 is 62.7. The molecule has 0 saturated carbocycles. The van der Waals surface area contributed by atoms with E-state index >= 15 is 0 Å². The summed E-state index contributed by atoms with van der Waals surface area (Å²) in [5.41, 5.74) is -1.96. The molecule has 0 saturated heterocycles. The van der Waals surface area contributed by atoms with Gasteiger partial charge in [-0.2, -0.15) is 4.39 Å². The molecule has 0 radical (unpaired) electrons. The number of sulfonamides is 2. The number of anilines is 1. The summed E-state index contributed by atoms with van der Waals surface area (Å²) in [5.74, 6) is -1.15. The molecule has 1 unspecified atom stereocenters. The van der Waals surface area contributed by atoms with E-state index in [9.17, 15) is 46.2 Å². The van der Waals surface area contributed by atoms with Crippen molar-refractivity contribution in [3.05, 3.63) is 92.8 Å². The number of nitrogens with two attached hydrogens (primary N) is 2. The normalized spacial score (nSPS) is 12.3. The van der Waals surface area contributed by atoms with Crippen LogP contribution in [0.4, 0.5) is 21.5 Å². The van der Waals surface area contributed by atoms with Crippen LogP contribution in [0.1, 0.15) is 27.2 Å². The van der Waals surface area contributed by atoms with Gasteiger partial charge in [0.2, 0.25) is 25.9 Å². The lowest BCUT2D eigenvalue weighted by molar-refractivity contribution is -0.387. The van der Waals surface area contributed by atoms with E-state index in [0.717, 1.165) is 17.0 Å². The maximum atomic E-state index is 12.7. The van der Waals surface area contributed by atoms with E-state index in [0.29, 0.717) is 17.9 Å². The molecular weight excluding hydrogens is 658 g/mol. The van der Waals surface area contributed by atoms with Crippen LogP contribution < -0.4 is 15.6 Å². The quantitative estimate of drug-likeness (QED) is 0.112. The summed E-state index contributed by atoms with van der Waals surface area (Å²) in [6, 6.07) is 14.4. The predicted octanol–water partition coefficient (Wildman–Crippen LogP) is 3.93. The zero-order valence-electron chi connectivity index (χ0n) is 24.1. The summed E-state index contributed by atoms with van der Waals surface area (Å²) in [5, 5.41) is 34.5. The molecule has 0 heterocycles. The van der Waals surface area contributed by atoms with E-state index in [1.54, 1.807) is 20.8 Å². The second-order valence-corrected chi connectivity index (χ2v) is 14.4. The lowest BCUT2D eigenvalue weighted by Gasteiger charge is -2.23. The zero-order valence-corrected chi connectivity index (χ0v) is 26.5. The minimum absolute atomic E-state index is 0.0365. The molecule has 15 nitrogen and oxygen atoms in total. The van der Waals surface area contributed by atoms with E-state index in [-0.39, 0.29) is 17.0 Å². The fourth-order valence-corrected chi connectivity index (χ4v) is 5.45. The van der Waals surface area contributed by atoms with Crippen LogP contribution in [0.15, 0.2) is 81.4 Å². The van der Waals surface area contributed by atoms with E-state index < -0.39 is 69.6 Å². The molecule has 45 heavy (non-hydrogen) atoms. The highest BCUT2D eigenvalue weighted by Crippen LogP contribution is 2.30. The van der Waals surface area contributed by atoms with Gasteiger partial charge >= 0.3 is 11.7 Å². The van der Waals surface area contributed by atoms with E-state index in [1.165, 1.54) is 23.9 Å². The van der Waals surface area contributed by atoms with Crippen LogP contribution in [0.25, 0.3) is 0 Å². The van der Waals surface area contributed by atoms with Gasteiger partial charge in [-0.3, -0.25) is 25.0 Å². The Balaban J connectivity index is 0.000000420. The van der Waals surface area contributed by atoms with Crippen molar-refractivity contribution < 1.29 is 40.6 Å². The molecule has 0 aliphatic rings. The Labute approximate surface area is 262 Å². The fourth-order valence-electron chi connectivity index (χ4n) is 3.44. The second kappa shape index (κ2) is 15.2. The number of hydrogen-bond donors (Lipinski definition) is 3. The summed E-state index contributed by atoms with van der Waals surface area (Å²) in [4.78, 5) is 32.5. The number of thioether (sulfide) groups is 1. The molecule has 1 atom stereocenters. The molecule has 0 amide bonds. The first-order chi connectivity index (χ1) is 20.7. The topological polar surface area (TPSA) is 245 Å². The Morgan fingerprint density at radius 1 is 0.911 bits per heavy atom. The SMILES string of the molecule is CC(C)(C)OC(=O)CC(CSc1ccccc1)Nc1ccc(S(N)(=O)=O)cc1[N+](=O)[O-].NS(=O)(=O)c1ccc(F)c([N+](=O)[O-])c1. The monoisotopic (exact) mass is 687 g/mol. The molecule has 5 N–H and O–H groups in total. The minimum atomic E-state index is -4.10. The van der Waals surface area contributed by atoms with Gasteiger partial charge in [-0.15, -0.1) is 11.8 Å². The van der Waals surface area contributed by atoms with E-state index in [4.69, 9.17) is 15.0 Å². The van der Waals surface area contributed by atoms with Crippen molar-refractivity contribution in [2.24, 2.45) is 10.3 Å². The second-order valence-electron chi connectivity index (χ2n) is 10.2. The van der Waals surface area contributed by atoms with Crippen molar-refractivity contribution in [1.82, 2.24) is 0 Å². The third-order valence-electron chi connectivity index (χ3n) is 5.32. The van der Waals surface area contributed by atoms with Crippen LogP contribution in [0.3, 0.4) is 0 Å². The van der Waals surface area contributed by atoms with Crippen LogP contribution in [-0.4, -0.2) is 50.0 Å². The molecule has 0 fully saturated rings. The summed E-state index contributed by atoms with van der Waals surface area (Å²) in [6.45, 7) is 5.26. The molecule has 19 heteroatoms. The van der Waals surface area contributed by atoms with Gasteiger partial charge in [-0.1, -0.05) is 18.2 Å². The number of nitrogens with zero attached hydrogens (tertiary/aromatic N) is 2. The van der Waals surface area contributed by atoms with E-state index in [1.807, 2.05) is 30.3 Å².